The summed E-state index contributed by atoms with van der Waals surface area (Å²) in [7, 11) is 1.43. The van der Waals surface area contributed by atoms with E-state index in [1.54, 1.807) is 6.92 Å². The standard InChI is InChI=1S/C12H14O6/c1-3-17-11(14)7-18-12(15)9-6-8(16-2)4-5-10(9)13/h4-6,13H,3,7H2,1-2H3. The zero-order valence-corrected chi connectivity index (χ0v) is 10.1. The van der Waals surface area contributed by atoms with Crippen molar-refractivity contribution in [1.82, 2.24) is 0 Å². The quantitative estimate of drug-likeness (QED) is 0.793. The molecular weight excluding hydrogens is 240 g/mol. The van der Waals surface area contributed by atoms with Crippen molar-refractivity contribution in [1.29, 1.82) is 0 Å². The molecule has 0 saturated carbocycles. The number of rotatable bonds is 5. The van der Waals surface area contributed by atoms with Gasteiger partial charge in [0.1, 0.15) is 17.1 Å². The van der Waals surface area contributed by atoms with Crippen molar-refractivity contribution in [3.05, 3.63) is 23.8 Å². The van der Waals surface area contributed by atoms with E-state index in [4.69, 9.17) is 9.47 Å². The maximum atomic E-state index is 11.6. The third kappa shape index (κ3) is 3.65. The molecule has 0 atom stereocenters. The summed E-state index contributed by atoms with van der Waals surface area (Å²) in [6.45, 7) is 1.36. The summed E-state index contributed by atoms with van der Waals surface area (Å²) in [5.74, 6) is -1.31. The third-order valence-electron chi connectivity index (χ3n) is 2.05. The van der Waals surface area contributed by atoms with Gasteiger partial charge in [0.15, 0.2) is 6.61 Å². The van der Waals surface area contributed by atoms with Gasteiger partial charge in [0.05, 0.1) is 13.7 Å². The maximum Gasteiger partial charge on any atom is 0.344 e. The van der Waals surface area contributed by atoms with Crippen LogP contribution in [0.25, 0.3) is 0 Å². The number of benzene rings is 1. The lowest BCUT2D eigenvalue weighted by Gasteiger charge is -2.07. The van der Waals surface area contributed by atoms with Crippen LogP contribution in [-0.4, -0.2) is 37.4 Å². The number of hydrogen-bond acceptors (Lipinski definition) is 6. The summed E-state index contributed by atoms with van der Waals surface area (Å²) in [4.78, 5) is 22.6. The molecule has 6 heteroatoms. The number of phenols is 1. The molecule has 0 saturated heterocycles. The van der Waals surface area contributed by atoms with Gasteiger partial charge >= 0.3 is 11.9 Å². The Morgan fingerprint density at radius 3 is 2.61 bits per heavy atom. The summed E-state index contributed by atoms with van der Waals surface area (Å²) < 4.78 is 14.2. The highest BCUT2D eigenvalue weighted by Gasteiger charge is 2.15. The van der Waals surface area contributed by atoms with Gasteiger partial charge in [-0.25, -0.2) is 9.59 Å². The van der Waals surface area contributed by atoms with Crippen LogP contribution in [-0.2, 0) is 14.3 Å². The van der Waals surface area contributed by atoms with E-state index in [2.05, 4.69) is 4.74 Å². The minimum atomic E-state index is -0.820. The predicted octanol–water partition coefficient (Wildman–Crippen LogP) is 1.12. The lowest BCUT2D eigenvalue weighted by Crippen LogP contribution is -2.16. The van der Waals surface area contributed by atoms with E-state index in [1.165, 1.54) is 25.3 Å². The van der Waals surface area contributed by atoms with Gasteiger partial charge < -0.3 is 19.3 Å². The van der Waals surface area contributed by atoms with Gasteiger partial charge in [-0.1, -0.05) is 0 Å². The molecule has 0 bridgehead atoms. The Labute approximate surface area is 104 Å². The number of esters is 2. The SMILES string of the molecule is CCOC(=O)COC(=O)c1cc(OC)ccc1O. The Hall–Kier alpha value is -2.24. The van der Waals surface area contributed by atoms with E-state index < -0.39 is 18.5 Å². The van der Waals surface area contributed by atoms with Crippen LogP contribution in [0.1, 0.15) is 17.3 Å². The molecule has 6 nitrogen and oxygen atoms in total. The van der Waals surface area contributed by atoms with E-state index in [0.29, 0.717) is 5.75 Å². The second kappa shape index (κ2) is 6.48. The number of aromatic hydroxyl groups is 1. The molecule has 0 radical (unpaired) electrons. The Morgan fingerprint density at radius 2 is 2.00 bits per heavy atom. The van der Waals surface area contributed by atoms with Gasteiger partial charge in [0, 0.05) is 0 Å². The molecule has 1 aromatic rings. The minimum absolute atomic E-state index is 0.0707. The van der Waals surface area contributed by atoms with Crippen molar-refractivity contribution in [2.75, 3.05) is 20.3 Å². The normalized spacial score (nSPS) is 9.67. The number of methoxy groups -OCH3 is 1. The molecule has 0 aromatic heterocycles. The fourth-order valence-corrected chi connectivity index (χ4v) is 1.21. The first-order chi connectivity index (χ1) is 8.58. The van der Waals surface area contributed by atoms with Gasteiger partial charge in [-0.15, -0.1) is 0 Å². The number of phenolic OH excluding ortho intramolecular Hbond substituents is 1. The van der Waals surface area contributed by atoms with Gasteiger partial charge in [-0.3, -0.25) is 0 Å². The summed E-state index contributed by atoms with van der Waals surface area (Å²) in [6.07, 6.45) is 0. The number of ether oxygens (including phenoxy) is 3. The fraction of sp³-hybridized carbons (Fsp3) is 0.333. The van der Waals surface area contributed by atoms with Crippen LogP contribution < -0.4 is 4.74 Å². The van der Waals surface area contributed by atoms with E-state index in [-0.39, 0.29) is 17.9 Å². The molecule has 0 unspecified atom stereocenters. The summed E-state index contributed by atoms with van der Waals surface area (Å²) in [6, 6.07) is 4.13. The van der Waals surface area contributed by atoms with E-state index in [0.717, 1.165) is 0 Å². The van der Waals surface area contributed by atoms with Crippen LogP contribution in [0.4, 0.5) is 0 Å². The number of hydrogen-bond donors (Lipinski definition) is 1. The highest BCUT2D eigenvalue weighted by atomic mass is 16.6. The van der Waals surface area contributed by atoms with E-state index in [9.17, 15) is 14.7 Å². The minimum Gasteiger partial charge on any atom is -0.507 e. The molecule has 1 N–H and O–H groups in total. The van der Waals surface area contributed by atoms with Crippen LogP contribution in [0.5, 0.6) is 11.5 Å². The Morgan fingerprint density at radius 1 is 1.28 bits per heavy atom. The van der Waals surface area contributed by atoms with Crippen molar-refractivity contribution in [3.8, 4) is 11.5 Å². The van der Waals surface area contributed by atoms with Gasteiger partial charge in [0.2, 0.25) is 0 Å². The molecule has 0 aliphatic heterocycles. The van der Waals surface area contributed by atoms with Gasteiger partial charge in [-0.2, -0.15) is 0 Å². The van der Waals surface area contributed by atoms with Crippen LogP contribution in [0.15, 0.2) is 18.2 Å². The predicted molar refractivity (Wildman–Crippen MR) is 61.6 cm³/mol. The second-order valence-corrected chi connectivity index (χ2v) is 3.26. The molecule has 18 heavy (non-hydrogen) atoms. The Bertz CT molecular complexity index is 440. The lowest BCUT2D eigenvalue weighted by molar-refractivity contribution is -0.146. The van der Waals surface area contributed by atoms with Gasteiger partial charge in [-0.05, 0) is 25.1 Å². The lowest BCUT2D eigenvalue weighted by atomic mass is 10.2. The van der Waals surface area contributed by atoms with Gasteiger partial charge in [0.25, 0.3) is 0 Å². The van der Waals surface area contributed by atoms with Crippen molar-refractivity contribution in [2.45, 2.75) is 6.92 Å². The highest BCUT2D eigenvalue weighted by molar-refractivity contribution is 5.93. The van der Waals surface area contributed by atoms with E-state index in [1.807, 2.05) is 0 Å². The van der Waals surface area contributed by atoms with Crippen molar-refractivity contribution < 1.29 is 28.9 Å². The molecular formula is C12H14O6. The zero-order chi connectivity index (χ0) is 13.5. The first kappa shape index (κ1) is 13.8. The van der Waals surface area contributed by atoms with Crippen LogP contribution in [0, 0.1) is 0 Å². The molecule has 1 rings (SSSR count). The topological polar surface area (TPSA) is 82.1 Å². The average Bonchev–Trinajstić information content (AvgIpc) is 2.37. The summed E-state index contributed by atoms with van der Waals surface area (Å²) in [5, 5.41) is 9.50. The Kier molecular flexibility index (Phi) is 4.98. The third-order valence-corrected chi connectivity index (χ3v) is 2.05. The first-order valence-corrected chi connectivity index (χ1v) is 5.28. The first-order valence-electron chi connectivity index (χ1n) is 5.28. The molecule has 0 aliphatic carbocycles. The summed E-state index contributed by atoms with van der Waals surface area (Å²) in [5.41, 5.74) is -0.0707. The monoisotopic (exact) mass is 254 g/mol. The average molecular weight is 254 g/mol. The maximum absolute atomic E-state index is 11.6. The molecule has 0 spiro atoms. The number of carbonyl (C=O) groups excluding carboxylic acids is 2. The van der Waals surface area contributed by atoms with Crippen molar-refractivity contribution in [2.24, 2.45) is 0 Å². The number of carbonyl (C=O) groups is 2. The molecule has 0 heterocycles. The molecule has 1 aromatic carbocycles. The van der Waals surface area contributed by atoms with Crippen LogP contribution in [0.3, 0.4) is 0 Å². The highest BCUT2D eigenvalue weighted by Crippen LogP contribution is 2.23. The molecule has 0 fully saturated rings. The van der Waals surface area contributed by atoms with E-state index >= 15 is 0 Å². The second-order valence-electron chi connectivity index (χ2n) is 3.26. The molecule has 0 aliphatic rings. The Balaban J connectivity index is 2.69. The van der Waals surface area contributed by atoms with Crippen LogP contribution in [0.2, 0.25) is 0 Å². The molecule has 98 valence electrons. The fourth-order valence-electron chi connectivity index (χ4n) is 1.21. The zero-order valence-electron chi connectivity index (χ0n) is 10.1. The largest absolute Gasteiger partial charge is 0.507 e. The summed E-state index contributed by atoms with van der Waals surface area (Å²) >= 11 is 0. The smallest absolute Gasteiger partial charge is 0.344 e. The van der Waals surface area contributed by atoms with Crippen molar-refractivity contribution in [3.63, 3.8) is 0 Å². The molecule has 0 amide bonds. The van der Waals surface area contributed by atoms with Crippen LogP contribution >= 0.6 is 0 Å². The van der Waals surface area contributed by atoms with Crippen molar-refractivity contribution >= 4 is 11.9 Å².